The first kappa shape index (κ1) is 15.7. The van der Waals surface area contributed by atoms with Crippen molar-refractivity contribution in [2.45, 2.75) is 23.8 Å². The van der Waals surface area contributed by atoms with E-state index in [9.17, 15) is 18.5 Å². The number of hydrogen-bond donors (Lipinski definition) is 1. The van der Waals surface area contributed by atoms with Gasteiger partial charge < -0.3 is 10.2 Å². The molecule has 1 unspecified atom stereocenters. The van der Waals surface area contributed by atoms with E-state index in [4.69, 9.17) is 0 Å². The lowest BCUT2D eigenvalue weighted by molar-refractivity contribution is -0.384. The minimum Gasteiger partial charge on any atom is -0.375 e. The number of piperidine rings is 1. The van der Waals surface area contributed by atoms with E-state index in [2.05, 4.69) is 10.2 Å². The first-order chi connectivity index (χ1) is 9.77. The molecule has 1 N–H and O–H groups in total. The van der Waals surface area contributed by atoms with Crippen LogP contribution in [-0.4, -0.2) is 50.7 Å². The molecular formula is C13H19N3O4S. The van der Waals surface area contributed by atoms with Crippen LogP contribution in [0.1, 0.15) is 12.8 Å². The lowest BCUT2D eigenvalue weighted by Crippen LogP contribution is -2.39. The Hall–Kier alpha value is -1.67. The Morgan fingerprint density at radius 1 is 1.43 bits per heavy atom. The molecule has 116 valence electrons. The van der Waals surface area contributed by atoms with E-state index in [0.29, 0.717) is 5.69 Å². The molecule has 1 atom stereocenters. The number of benzene rings is 1. The predicted octanol–water partition coefficient (Wildman–Crippen LogP) is 1.50. The summed E-state index contributed by atoms with van der Waals surface area (Å²) in [7, 11) is -1.45. The van der Waals surface area contributed by atoms with Gasteiger partial charge in [0.1, 0.15) is 5.69 Å². The second-order valence-electron chi connectivity index (χ2n) is 5.45. The van der Waals surface area contributed by atoms with Crippen molar-refractivity contribution in [2.75, 3.05) is 31.7 Å². The van der Waals surface area contributed by atoms with Crippen molar-refractivity contribution in [3.8, 4) is 0 Å². The Bertz CT molecular complexity index is 645. The number of anilines is 1. The Kier molecular flexibility index (Phi) is 4.48. The largest absolute Gasteiger partial charge is 0.375 e. The minimum atomic E-state index is -3.46. The fourth-order valence-electron chi connectivity index (χ4n) is 2.52. The van der Waals surface area contributed by atoms with Crippen molar-refractivity contribution >= 4 is 21.2 Å². The van der Waals surface area contributed by atoms with Crippen LogP contribution >= 0.6 is 0 Å². The van der Waals surface area contributed by atoms with Gasteiger partial charge in [0.15, 0.2) is 9.84 Å². The standard InChI is InChI=1S/C13H19N3O4S/c1-15-7-3-4-10(9-15)14-12-6-5-11(21(2,19)20)8-13(12)16(17)18/h5-6,8,10,14H,3-4,7,9H2,1-2H3. The molecule has 1 heterocycles. The molecule has 0 spiro atoms. The third kappa shape index (κ3) is 3.92. The van der Waals surface area contributed by atoms with Gasteiger partial charge in [-0.1, -0.05) is 0 Å². The van der Waals surface area contributed by atoms with Crippen LogP contribution in [0, 0.1) is 10.1 Å². The van der Waals surface area contributed by atoms with Gasteiger partial charge in [0, 0.05) is 24.9 Å². The lowest BCUT2D eigenvalue weighted by Gasteiger charge is -2.30. The molecule has 8 heteroatoms. The van der Waals surface area contributed by atoms with Crippen molar-refractivity contribution in [3.63, 3.8) is 0 Å². The number of nitrogens with zero attached hydrogens (tertiary/aromatic N) is 2. The van der Waals surface area contributed by atoms with E-state index < -0.39 is 14.8 Å². The Morgan fingerprint density at radius 2 is 2.14 bits per heavy atom. The lowest BCUT2D eigenvalue weighted by atomic mass is 10.1. The average Bonchev–Trinajstić information content (AvgIpc) is 2.37. The summed E-state index contributed by atoms with van der Waals surface area (Å²) >= 11 is 0. The highest BCUT2D eigenvalue weighted by Crippen LogP contribution is 2.29. The van der Waals surface area contributed by atoms with Crippen LogP contribution in [0.15, 0.2) is 23.1 Å². The SMILES string of the molecule is CN1CCCC(Nc2ccc(S(C)(=O)=O)cc2[N+](=O)[O-])C1. The summed E-state index contributed by atoms with van der Waals surface area (Å²) in [5, 5.41) is 14.3. The van der Waals surface area contributed by atoms with Crippen molar-refractivity contribution in [2.24, 2.45) is 0 Å². The van der Waals surface area contributed by atoms with E-state index in [1.165, 1.54) is 12.1 Å². The molecule has 1 aromatic carbocycles. The molecule has 0 saturated carbocycles. The summed E-state index contributed by atoms with van der Waals surface area (Å²) in [6, 6.07) is 4.12. The number of hydrogen-bond acceptors (Lipinski definition) is 6. The predicted molar refractivity (Wildman–Crippen MR) is 80.3 cm³/mol. The van der Waals surface area contributed by atoms with Gasteiger partial charge in [-0.15, -0.1) is 0 Å². The van der Waals surface area contributed by atoms with Crippen LogP contribution in [0.5, 0.6) is 0 Å². The maximum absolute atomic E-state index is 11.5. The molecule has 0 radical (unpaired) electrons. The highest BCUT2D eigenvalue weighted by molar-refractivity contribution is 7.90. The maximum atomic E-state index is 11.5. The topological polar surface area (TPSA) is 92.6 Å². The van der Waals surface area contributed by atoms with Gasteiger partial charge in [0.25, 0.3) is 5.69 Å². The number of nitro groups is 1. The molecule has 0 aromatic heterocycles. The Labute approximate surface area is 124 Å². The van der Waals surface area contributed by atoms with Crippen LogP contribution < -0.4 is 5.32 Å². The molecule has 1 aliphatic heterocycles. The summed E-state index contributed by atoms with van der Waals surface area (Å²) in [4.78, 5) is 12.7. The number of nitro benzene ring substituents is 1. The number of likely N-dealkylation sites (tertiary alicyclic amines) is 1. The van der Waals surface area contributed by atoms with Gasteiger partial charge in [-0.2, -0.15) is 0 Å². The molecule has 21 heavy (non-hydrogen) atoms. The quantitative estimate of drug-likeness (QED) is 0.669. The van der Waals surface area contributed by atoms with E-state index >= 15 is 0 Å². The monoisotopic (exact) mass is 313 g/mol. The van der Waals surface area contributed by atoms with Crippen LogP contribution in [0.2, 0.25) is 0 Å². The third-order valence-electron chi connectivity index (χ3n) is 3.58. The van der Waals surface area contributed by atoms with Gasteiger partial charge in [0.05, 0.1) is 9.82 Å². The fraction of sp³-hybridized carbons (Fsp3) is 0.538. The van der Waals surface area contributed by atoms with Crippen LogP contribution in [0.4, 0.5) is 11.4 Å². The summed E-state index contributed by atoms with van der Waals surface area (Å²) in [6.07, 6.45) is 3.01. The zero-order valence-electron chi connectivity index (χ0n) is 12.1. The van der Waals surface area contributed by atoms with E-state index in [-0.39, 0.29) is 16.6 Å². The van der Waals surface area contributed by atoms with Crippen LogP contribution in [0.25, 0.3) is 0 Å². The van der Waals surface area contributed by atoms with Gasteiger partial charge in [0.2, 0.25) is 0 Å². The minimum absolute atomic E-state index is 0.0412. The van der Waals surface area contributed by atoms with Crippen molar-refractivity contribution < 1.29 is 13.3 Å². The first-order valence-corrected chi connectivity index (χ1v) is 8.60. The van der Waals surface area contributed by atoms with Gasteiger partial charge in [-0.3, -0.25) is 10.1 Å². The Balaban J connectivity index is 2.28. The normalized spacial score (nSPS) is 20.2. The molecule has 2 rings (SSSR count). The van der Waals surface area contributed by atoms with E-state index in [1.807, 2.05) is 7.05 Å². The summed E-state index contributed by atoms with van der Waals surface area (Å²) in [6.45, 7) is 1.83. The maximum Gasteiger partial charge on any atom is 0.293 e. The molecule has 0 bridgehead atoms. The molecule has 0 aliphatic carbocycles. The first-order valence-electron chi connectivity index (χ1n) is 6.71. The van der Waals surface area contributed by atoms with Crippen molar-refractivity contribution in [3.05, 3.63) is 28.3 Å². The highest BCUT2D eigenvalue weighted by Gasteiger charge is 2.23. The summed E-state index contributed by atoms with van der Waals surface area (Å²) < 4.78 is 23.0. The average molecular weight is 313 g/mol. The van der Waals surface area contributed by atoms with Crippen molar-refractivity contribution in [1.82, 2.24) is 4.90 Å². The van der Waals surface area contributed by atoms with E-state index in [0.717, 1.165) is 38.3 Å². The molecule has 1 saturated heterocycles. The Morgan fingerprint density at radius 3 is 2.71 bits per heavy atom. The second-order valence-corrected chi connectivity index (χ2v) is 7.47. The number of rotatable bonds is 4. The van der Waals surface area contributed by atoms with Gasteiger partial charge >= 0.3 is 0 Å². The molecule has 0 amide bonds. The molecular weight excluding hydrogens is 294 g/mol. The molecule has 1 fully saturated rings. The fourth-order valence-corrected chi connectivity index (χ4v) is 3.16. The second kappa shape index (κ2) is 5.98. The van der Waals surface area contributed by atoms with E-state index in [1.54, 1.807) is 0 Å². The molecule has 1 aromatic rings. The number of sulfone groups is 1. The zero-order chi connectivity index (χ0) is 15.6. The number of nitrogens with one attached hydrogen (secondary N) is 1. The summed E-state index contributed by atoms with van der Waals surface area (Å²) in [5.74, 6) is 0. The third-order valence-corrected chi connectivity index (χ3v) is 4.69. The summed E-state index contributed by atoms with van der Waals surface area (Å²) in [5.41, 5.74) is 0.166. The highest BCUT2D eigenvalue weighted by atomic mass is 32.2. The van der Waals surface area contributed by atoms with Gasteiger partial charge in [-0.25, -0.2) is 8.42 Å². The van der Waals surface area contributed by atoms with Crippen LogP contribution in [0.3, 0.4) is 0 Å². The van der Waals surface area contributed by atoms with Crippen molar-refractivity contribution in [1.29, 1.82) is 0 Å². The molecule has 1 aliphatic rings. The number of likely N-dealkylation sites (N-methyl/N-ethyl adjacent to an activating group) is 1. The van der Waals surface area contributed by atoms with Crippen LogP contribution in [-0.2, 0) is 9.84 Å². The molecule has 7 nitrogen and oxygen atoms in total. The smallest absolute Gasteiger partial charge is 0.293 e. The van der Waals surface area contributed by atoms with Gasteiger partial charge in [-0.05, 0) is 38.6 Å². The zero-order valence-corrected chi connectivity index (χ0v) is 12.9.